The van der Waals surface area contributed by atoms with Crippen LogP contribution in [0.5, 0.6) is 0 Å². The molecule has 4 rings (SSSR count). The molecule has 27 heavy (non-hydrogen) atoms. The van der Waals surface area contributed by atoms with Crippen molar-refractivity contribution in [3.63, 3.8) is 0 Å². The quantitative estimate of drug-likeness (QED) is 0.695. The molecular weight excluding hydrogens is 366 g/mol. The fourth-order valence-electron chi connectivity index (χ4n) is 3.20. The van der Waals surface area contributed by atoms with E-state index in [4.69, 9.17) is 15.6 Å². The number of fused-ring (bicyclic) bond motifs is 1. The molecule has 142 valence electrons. The number of hydrogen-bond acceptors (Lipinski definition) is 8. The SMILES string of the molecule is C[C@@H]1CN(c2cnc3ccc(-c4csc(NC(=O)CN)n4)nn23)C[C@H](C)O1. The number of thiazole rings is 1. The van der Waals surface area contributed by atoms with Gasteiger partial charge in [0.05, 0.1) is 24.9 Å². The number of carbonyl (C=O) groups excluding carboxylic acids is 1. The molecule has 0 saturated carbocycles. The van der Waals surface area contributed by atoms with E-state index < -0.39 is 0 Å². The predicted octanol–water partition coefficient (Wildman–Crippen LogP) is 1.36. The number of hydrogen-bond donors (Lipinski definition) is 2. The van der Waals surface area contributed by atoms with Crippen LogP contribution < -0.4 is 16.0 Å². The summed E-state index contributed by atoms with van der Waals surface area (Å²) in [6.45, 7) is 5.63. The fraction of sp³-hybridized carbons (Fsp3) is 0.412. The summed E-state index contributed by atoms with van der Waals surface area (Å²) in [7, 11) is 0. The third-order valence-corrected chi connectivity index (χ3v) is 5.04. The molecule has 3 N–H and O–H groups in total. The van der Waals surface area contributed by atoms with Crippen LogP contribution in [-0.2, 0) is 9.53 Å². The first kappa shape index (κ1) is 17.8. The van der Waals surface area contributed by atoms with E-state index in [1.807, 2.05) is 28.2 Å². The normalized spacial score (nSPS) is 20.2. The lowest BCUT2D eigenvalue weighted by molar-refractivity contribution is -0.114. The smallest absolute Gasteiger partial charge is 0.239 e. The Bertz CT molecular complexity index is 959. The maximum Gasteiger partial charge on any atom is 0.239 e. The Morgan fingerprint density at radius 1 is 1.33 bits per heavy atom. The van der Waals surface area contributed by atoms with Gasteiger partial charge in [-0.15, -0.1) is 11.3 Å². The summed E-state index contributed by atoms with van der Waals surface area (Å²) < 4.78 is 7.65. The molecule has 0 bridgehead atoms. The molecule has 0 aromatic carbocycles. The average Bonchev–Trinajstić information content (AvgIpc) is 3.27. The number of ether oxygens (including phenoxy) is 1. The van der Waals surface area contributed by atoms with Gasteiger partial charge in [0.2, 0.25) is 5.91 Å². The number of nitrogens with zero attached hydrogens (tertiary/aromatic N) is 5. The Balaban J connectivity index is 1.65. The van der Waals surface area contributed by atoms with Crippen LogP contribution in [0.4, 0.5) is 10.9 Å². The Hall–Kier alpha value is -2.56. The largest absolute Gasteiger partial charge is 0.372 e. The second-order valence-electron chi connectivity index (χ2n) is 6.56. The highest BCUT2D eigenvalue weighted by atomic mass is 32.1. The van der Waals surface area contributed by atoms with Crippen LogP contribution >= 0.6 is 11.3 Å². The molecule has 9 nitrogen and oxygen atoms in total. The summed E-state index contributed by atoms with van der Waals surface area (Å²) in [6.07, 6.45) is 2.13. The van der Waals surface area contributed by atoms with Crippen LogP contribution in [0.1, 0.15) is 13.8 Å². The second kappa shape index (κ2) is 7.22. The number of anilines is 2. The fourth-order valence-corrected chi connectivity index (χ4v) is 3.92. The maximum absolute atomic E-state index is 11.4. The summed E-state index contributed by atoms with van der Waals surface area (Å²) in [5, 5.41) is 9.74. The first-order valence-electron chi connectivity index (χ1n) is 8.74. The lowest BCUT2D eigenvalue weighted by atomic mass is 10.2. The molecule has 1 amide bonds. The molecule has 1 saturated heterocycles. The summed E-state index contributed by atoms with van der Waals surface area (Å²) >= 11 is 1.34. The monoisotopic (exact) mass is 387 g/mol. The van der Waals surface area contributed by atoms with E-state index in [0.29, 0.717) is 16.5 Å². The standard InChI is InChI=1S/C17H21N7O2S/c1-10-7-23(8-11(2)26-10)16-6-19-14-4-3-12(22-24(14)16)13-9-27-17(20-13)21-15(25)5-18/h3-4,6,9-11H,5,7-8,18H2,1-2H3,(H,20,21,25)/t10-,11+. The molecular formula is C17H21N7O2S. The minimum Gasteiger partial charge on any atom is -0.372 e. The number of aromatic nitrogens is 4. The van der Waals surface area contributed by atoms with Gasteiger partial charge in [0.15, 0.2) is 16.6 Å². The number of nitrogens with two attached hydrogens (primary N) is 1. The molecule has 0 radical (unpaired) electrons. The van der Waals surface area contributed by atoms with Gasteiger partial charge in [0, 0.05) is 18.5 Å². The zero-order chi connectivity index (χ0) is 19.0. The Labute approximate surface area is 160 Å². The average molecular weight is 387 g/mol. The minimum atomic E-state index is -0.272. The first-order chi connectivity index (χ1) is 13.0. The van der Waals surface area contributed by atoms with E-state index in [2.05, 4.69) is 34.0 Å². The van der Waals surface area contributed by atoms with Crippen molar-refractivity contribution in [1.82, 2.24) is 19.6 Å². The zero-order valence-corrected chi connectivity index (χ0v) is 15.9. The molecule has 0 aliphatic carbocycles. The first-order valence-corrected chi connectivity index (χ1v) is 9.62. The van der Waals surface area contributed by atoms with Crippen LogP contribution in [0.2, 0.25) is 0 Å². The van der Waals surface area contributed by atoms with Crippen molar-refractivity contribution in [3.8, 4) is 11.4 Å². The van der Waals surface area contributed by atoms with Crippen molar-refractivity contribution in [2.24, 2.45) is 5.73 Å². The van der Waals surface area contributed by atoms with Crippen molar-refractivity contribution in [2.75, 3.05) is 29.9 Å². The highest BCUT2D eigenvalue weighted by Crippen LogP contribution is 2.26. The molecule has 0 spiro atoms. The van der Waals surface area contributed by atoms with E-state index in [0.717, 1.165) is 24.6 Å². The highest BCUT2D eigenvalue weighted by molar-refractivity contribution is 7.14. The Morgan fingerprint density at radius 3 is 2.85 bits per heavy atom. The number of imidazole rings is 1. The maximum atomic E-state index is 11.4. The minimum absolute atomic E-state index is 0.0755. The van der Waals surface area contributed by atoms with E-state index in [1.54, 1.807) is 0 Å². The van der Waals surface area contributed by atoms with E-state index >= 15 is 0 Å². The molecule has 3 aromatic heterocycles. The van der Waals surface area contributed by atoms with Gasteiger partial charge in [-0.3, -0.25) is 4.79 Å². The summed E-state index contributed by atoms with van der Waals surface area (Å²) in [5.41, 5.74) is 7.50. The molecule has 4 heterocycles. The van der Waals surface area contributed by atoms with Crippen molar-refractivity contribution in [3.05, 3.63) is 23.7 Å². The molecule has 1 aliphatic heterocycles. The van der Waals surface area contributed by atoms with Crippen LogP contribution in [0.25, 0.3) is 17.0 Å². The Kier molecular flexibility index (Phi) is 4.77. The summed E-state index contributed by atoms with van der Waals surface area (Å²) in [4.78, 5) is 22.6. The third kappa shape index (κ3) is 3.64. The summed E-state index contributed by atoms with van der Waals surface area (Å²) in [6, 6.07) is 3.79. The van der Waals surface area contributed by atoms with Gasteiger partial charge in [-0.25, -0.2) is 9.97 Å². The van der Waals surface area contributed by atoms with E-state index in [-0.39, 0.29) is 24.7 Å². The van der Waals surface area contributed by atoms with Crippen LogP contribution in [0.3, 0.4) is 0 Å². The van der Waals surface area contributed by atoms with Crippen molar-refractivity contribution >= 4 is 33.8 Å². The van der Waals surface area contributed by atoms with Gasteiger partial charge >= 0.3 is 0 Å². The van der Waals surface area contributed by atoms with Crippen LogP contribution in [-0.4, -0.2) is 57.3 Å². The molecule has 10 heteroatoms. The van der Waals surface area contributed by atoms with E-state index in [1.165, 1.54) is 11.3 Å². The van der Waals surface area contributed by atoms with Crippen LogP contribution in [0.15, 0.2) is 23.7 Å². The molecule has 0 unspecified atom stereocenters. The number of rotatable bonds is 4. The van der Waals surface area contributed by atoms with Gasteiger partial charge in [-0.2, -0.15) is 9.61 Å². The lowest BCUT2D eigenvalue weighted by Gasteiger charge is -2.35. The van der Waals surface area contributed by atoms with Crippen molar-refractivity contribution in [1.29, 1.82) is 0 Å². The van der Waals surface area contributed by atoms with E-state index in [9.17, 15) is 4.79 Å². The lowest BCUT2D eigenvalue weighted by Crippen LogP contribution is -2.46. The van der Waals surface area contributed by atoms with Gasteiger partial charge in [0.1, 0.15) is 11.4 Å². The molecule has 3 aromatic rings. The van der Waals surface area contributed by atoms with Gasteiger partial charge in [-0.1, -0.05) is 0 Å². The van der Waals surface area contributed by atoms with Crippen LogP contribution in [0, 0.1) is 0 Å². The molecule has 1 fully saturated rings. The topological polar surface area (TPSA) is 111 Å². The van der Waals surface area contributed by atoms with Gasteiger partial charge < -0.3 is 20.7 Å². The zero-order valence-electron chi connectivity index (χ0n) is 15.1. The summed E-state index contributed by atoms with van der Waals surface area (Å²) in [5.74, 6) is 0.660. The predicted molar refractivity (Wildman–Crippen MR) is 104 cm³/mol. The number of nitrogens with one attached hydrogen (secondary N) is 1. The highest BCUT2D eigenvalue weighted by Gasteiger charge is 2.25. The molecule has 2 atom stereocenters. The van der Waals surface area contributed by atoms with Gasteiger partial charge in [0.25, 0.3) is 0 Å². The number of morpholine rings is 1. The Morgan fingerprint density at radius 2 is 2.11 bits per heavy atom. The van der Waals surface area contributed by atoms with Crippen molar-refractivity contribution in [2.45, 2.75) is 26.1 Å². The number of amides is 1. The number of carbonyl (C=O) groups is 1. The second-order valence-corrected chi connectivity index (χ2v) is 7.42. The van der Waals surface area contributed by atoms with Gasteiger partial charge in [-0.05, 0) is 26.0 Å². The van der Waals surface area contributed by atoms with Crippen molar-refractivity contribution < 1.29 is 9.53 Å². The molecule has 1 aliphatic rings. The third-order valence-electron chi connectivity index (χ3n) is 4.29.